The van der Waals surface area contributed by atoms with Crippen molar-refractivity contribution in [3.63, 3.8) is 0 Å². The van der Waals surface area contributed by atoms with Gasteiger partial charge in [0.1, 0.15) is 0 Å². The van der Waals surface area contributed by atoms with E-state index in [0.717, 1.165) is 11.7 Å². The standard InChI is InChI=1S/C11H16N6/c1-8(9-4-2-3-5-9)13-10-6-12-7-11-14-15-16-17(10)11/h6-9,13H,2-5H2,1H3. The summed E-state index contributed by atoms with van der Waals surface area (Å²) in [5, 5.41) is 15.0. The predicted octanol–water partition coefficient (Wildman–Crippen LogP) is 1.51. The van der Waals surface area contributed by atoms with Crippen molar-refractivity contribution in [2.75, 3.05) is 5.32 Å². The number of hydrogen-bond donors (Lipinski definition) is 1. The van der Waals surface area contributed by atoms with Crippen LogP contribution in [0.2, 0.25) is 0 Å². The third-order valence-electron chi connectivity index (χ3n) is 3.59. The van der Waals surface area contributed by atoms with Crippen molar-refractivity contribution in [3.8, 4) is 0 Å². The Hall–Kier alpha value is -1.72. The van der Waals surface area contributed by atoms with Crippen LogP contribution in [0.4, 0.5) is 5.82 Å². The summed E-state index contributed by atoms with van der Waals surface area (Å²) in [5.41, 5.74) is 0.675. The SMILES string of the molecule is CC(Nc1cncc2nnnn12)C1CCCC1. The lowest BCUT2D eigenvalue weighted by Crippen LogP contribution is -2.25. The van der Waals surface area contributed by atoms with Gasteiger partial charge in [-0.1, -0.05) is 12.8 Å². The molecule has 0 radical (unpaired) electrons. The molecule has 90 valence electrons. The first-order valence-corrected chi connectivity index (χ1v) is 6.13. The van der Waals surface area contributed by atoms with E-state index in [9.17, 15) is 0 Å². The highest BCUT2D eigenvalue weighted by Gasteiger charge is 2.22. The lowest BCUT2D eigenvalue weighted by Gasteiger charge is -2.21. The summed E-state index contributed by atoms with van der Waals surface area (Å²) >= 11 is 0. The Morgan fingerprint density at radius 1 is 1.35 bits per heavy atom. The number of nitrogens with zero attached hydrogens (tertiary/aromatic N) is 5. The van der Waals surface area contributed by atoms with Gasteiger partial charge in [0.2, 0.25) is 0 Å². The second-order valence-corrected chi connectivity index (χ2v) is 4.72. The van der Waals surface area contributed by atoms with Gasteiger partial charge >= 0.3 is 0 Å². The van der Waals surface area contributed by atoms with Gasteiger partial charge in [0.15, 0.2) is 11.5 Å². The average Bonchev–Trinajstić information content (AvgIpc) is 3.00. The first kappa shape index (κ1) is 10.4. The summed E-state index contributed by atoms with van der Waals surface area (Å²) in [5.74, 6) is 1.62. The summed E-state index contributed by atoms with van der Waals surface area (Å²) in [7, 11) is 0. The maximum absolute atomic E-state index is 4.14. The van der Waals surface area contributed by atoms with Crippen molar-refractivity contribution in [2.45, 2.75) is 38.6 Å². The van der Waals surface area contributed by atoms with E-state index in [0.29, 0.717) is 11.7 Å². The predicted molar refractivity (Wildman–Crippen MR) is 63.6 cm³/mol. The van der Waals surface area contributed by atoms with Gasteiger partial charge in [-0.25, -0.2) is 0 Å². The molecule has 2 heterocycles. The molecule has 1 N–H and O–H groups in total. The number of nitrogens with one attached hydrogen (secondary N) is 1. The number of anilines is 1. The van der Waals surface area contributed by atoms with Crippen LogP contribution in [0.5, 0.6) is 0 Å². The van der Waals surface area contributed by atoms with Crippen LogP contribution in [-0.2, 0) is 0 Å². The van der Waals surface area contributed by atoms with Crippen molar-refractivity contribution in [1.82, 2.24) is 25.0 Å². The van der Waals surface area contributed by atoms with E-state index in [1.807, 2.05) is 0 Å². The van der Waals surface area contributed by atoms with Crippen molar-refractivity contribution in [2.24, 2.45) is 5.92 Å². The summed E-state index contributed by atoms with van der Waals surface area (Å²) in [6, 6.07) is 0.439. The Labute approximate surface area is 99.4 Å². The first-order chi connectivity index (χ1) is 8.34. The van der Waals surface area contributed by atoms with Crippen LogP contribution in [0.15, 0.2) is 12.4 Å². The van der Waals surface area contributed by atoms with E-state index in [1.165, 1.54) is 25.7 Å². The van der Waals surface area contributed by atoms with Gasteiger partial charge < -0.3 is 5.32 Å². The minimum atomic E-state index is 0.439. The van der Waals surface area contributed by atoms with Crippen LogP contribution >= 0.6 is 0 Å². The highest BCUT2D eigenvalue weighted by atomic mass is 15.5. The first-order valence-electron chi connectivity index (χ1n) is 6.13. The van der Waals surface area contributed by atoms with Crippen LogP contribution in [0.3, 0.4) is 0 Å². The number of aromatic nitrogens is 5. The lowest BCUT2D eigenvalue weighted by atomic mass is 10.00. The lowest BCUT2D eigenvalue weighted by molar-refractivity contribution is 0.480. The van der Waals surface area contributed by atoms with Crippen LogP contribution < -0.4 is 5.32 Å². The molecular weight excluding hydrogens is 216 g/mol. The normalized spacial score (nSPS) is 18.6. The maximum atomic E-state index is 4.14. The molecule has 0 aromatic carbocycles. The Bertz CT molecular complexity index is 501. The molecule has 6 heteroatoms. The van der Waals surface area contributed by atoms with Gasteiger partial charge in [0, 0.05) is 6.04 Å². The number of hydrogen-bond acceptors (Lipinski definition) is 5. The fourth-order valence-electron chi connectivity index (χ4n) is 2.58. The smallest absolute Gasteiger partial charge is 0.199 e. The van der Waals surface area contributed by atoms with Gasteiger partial charge in [-0.15, -0.1) is 5.10 Å². The molecule has 1 saturated carbocycles. The number of fused-ring (bicyclic) bond motifs is 1. The highest BCUT2D eigenvalue weighted by Crippen LogP contribution is 2.28. The Kier molecular flexibility index (Phi) is 2.62. The van der Waals surface area contributed by atoms with E-state index < -0.39 is 0 Å². The minimum Gasteiger partial charge on any atom is -0.366 e. The van der Waals surface area contributed by atoms with Gasteiger partial charge in [-0.3, -0.25) is 4.98 Å². The Morgan fingerprint density at radius 2 is 2.18 bits per heavy atom. The van der Waals surface area contributed by atoms with Crippen LogP contribution in [-0.4, -0.2) is 31.1 Å². The zero-order chi connectivity index (χ0) is 11.7. The molecule has 3 rings (SSSR count). The molecule has 0 aliphatic heterocycles. The Morgan fingerprint density at radius 3 is 3.00 bits per heavy atom. The monoisotopic (exact) mass is 232 g/mol. The summed E-state index contributed by atoms with van der Waals surface area (Å²) in [6.07, 6.45) is 8.76. The highest BCUT2D eigenvalue weighted by molar-refractivity contribution is 5.44. The van der Waals surface area contributed by atoms with Crippen LogP contribution in [0.1, 0.15) is 32.6 Å². The fourth-order valence-corrected chi connectivity index (χ4v) is 2.58. The zero-order valence-corrected chi connectivity index (χ0v) is 9.87. The van der Waals surface area contributed by atoms with Gasteiger partial charge in [-0.05, 0) is 36.1 Å². The molecule has 0 amide bonds. The molecule has 17 heavy (non-hydrogen) atoms. The average molecular weight is 232 g/mol. The molecule has 1 aliphatic rings. The van der Waals surface area contributed by atoms with E-state index in [-0.39, 0.29) is 0 Å². The molecule has 1 atom stereocenters. The third kappa shape index (κ3) is 1.94. The molecule has 6 nitrogen and oxygen atoms in total. The van der Waals surface area contributed by atoms with Crippen LogP contribution in [0.25, 0.3) is 5.65 Å². The molecule has 2 aromatic heterocycles. The molecule has 1 aliphatic carbocycles. The second kappa shape index (κ2) is 4.27. The van der Waals surface area contributed by atoms with E-state index in [2.05, 4.69) is 32.7 Å². The van der Waals surface area contributed by atoms with Crippen molar-refractivity contribution in [1.29, 1.82) is 0 Å². The molecule has 0 spiro atoms. The summed E-state index contributed by atoms with van der Waals surface area (Å²) in [4.78, 5) is 4.14. The third-order valence-corrected chi connectivity index (χ3v) is 3.59. The number of tetrazole rings is 1. The second-order valence-electron chi connectivity index (χ2n) is 4.72. The Balaban J connectivity index is 1.81. The molecule has 0 saturated heterocycles. The quantitative estimate of drug-likeness (QED) is 0.868. The molecule has 0 bridgehead atoms. The topological polar surface area (TPSA) is 68.0 Å². The van der Waals surface area contributed by atoms with Gasteiger partial charge in [0.25, 0.3) is 0 Å². The van der Waals surface area contributed by atoms with Crippen molar-refractivity contribution >= 4 is 11.5 Å². The number of rotatable bonds is 3. The molecule has 1 unspecified atom stereocenters. The molecule has 2 aromatic rings. The van der Waals surface area contributed by atoms with E-state index in [1.54, 1.807) is 16.9 Å². The summed E-state index contributed by atoms with van der Waals surface area (Å²) in [6.45, 7) is 2.22. The van der Waals surface area contributed by atoms with Gasteiger partial charge in [-0.2, -0.15) is 4.52 Å². The molecular formula is C11H16N6. The van der Waals surface area contributed by atoms with Gasteiger partial charge in [0.05, 0.1) is 12.4 Å². The van der Waals surface area contributed by atoms with E-state index in [4.69, 9.17) is 0 Å². The van der Waals surface area contributed by atoms with E-state index >= 15 is 0 Å². The summed E-state index contributed by atoms with van der Waals surface area (Å²) < 4.78 is 1.69. The van der Waals surface area contributed by atoms with Crippen LogP contribution in [0, 0.1) is 5.92 Å². The maximum Gasteiger partial charge on any atom is 0.199 e. The molecule has 1 fully saturated rings. The van der Waals surface area contributed by atoms with Crippen molar-refractivity contribution < 1.29 is 0 Å². The van der Waals surface area contributed by atoms with Crippen molar-refractivity contribution in [3.05, 3.63) is 12.4 Å². The zero-order valence-electron chi connectivity index (χ0n) is 9.87. The minimum absolute atomic E-state index is 0.439. The fraction of sp³-hybridized carbons (Fsp3) is 0.636. The largest absolute Gasteiger partial charge is 0.366 e.